The number of rotatable bonds is 4. The zero-order valence-electron chi connectivity index (χ0n) is 23.0. The normalized spacial score (nSPS) is 13.1. The average Bonchev–Trinajstić information content (AvgIpc) is 3.49. The fourth-order valence-electron chi connectivity index (χ4n) is 5.15. The second kappa shape index (κ2) is 9.16. The summed E-state index contributed by atoms with van der Waals surface area (Å²) in [4.78, 5) is 9.14. The summed E-state index contributed by atoms with van der Waals surface area (Å²) in [7, 11) is 0. The Morgan fingerprint density at radius 3 is 2.38 bits per heavy atom. The van der Waals surface area contributed by atoms with Gasteiger partial charge in [-0.2, -0.15) is 13.2 Å². The van der Waals surface area contributed by atoms with Crippen molar-refractivity contribution in [2.24, 2.45) is 5.41 Å². The van der Waals surface area contributed by atoms with Gasteiger partial charge in [0.1, 0.15) is 5.52 Å². The molecule has 6 aromatic rings. The summed E-state index contributed by atoms with van der Waals surface area (Å²) in [5, 5.41) is 5.60. The number of nitrogens with zero attached hydrogens (tertiary/aromatic N) is 2. The molecule has 3 heterocycles. The Kier molecular flexibility index (Phi) is 6.07. The van der Waals surface area contributed by atoms with Crippen molar-refractivity contribution in [2.75, 3.05) is 0 Å². The van der Waals surface area contributed by atoms with Crippen LogP contribution < -0.4 is 0 Å². The lowest BCUT2D eigenvalue weighted by Crippen LogP contribution is -2.34. The van der Waals surface area contributed by atoms with Crippen molar-refractivity contribution in [2.45, 2.75) is 52.6 Å². The summed E-state index contributed by atoms with van der Waals surface area (Å²) in [5.74, 6) is 0.0853. The van der Waals surface area contributed by atoms with Gasteiger partial charge < -0.3 is 4.42 Å². The highest BCUT2D eigenvalue weighted by Gasteiger charge is 2.48. The van der Waals surface area contributed by atoms with Crippen LogP contribution in [0.25, 0.3) is 54.3 Å². The van der Waals surface area contributed by atoms with Gasteiger partial charge in [0, 0.05) is 29.1 Å². The molecule has 0 saturated heterocycles. The van der Waals surface area contributed by atoms with Crippen molar-refractivity contribution in [1.82, 2.24) is 9.97 Å². The highest BCUT2D eigenvalue weighted by Crippen LogP contribution is 2.43. The molecular weight excluding hydrogens is 529 g/mol. The average molecular weight is 559 g/mol. The third kappa shape index (κ3) is 4.56. The molecule has 0 atom stereocenters. The minimum atomic E-state index is -4.35. The third-order valence-electron chi connectivity index (χ3n) is 7.54. The van der Waals surface area contributed by atoms with E-state index < -0.39 is 11.6 Å². The van der Waals surface area contributed by atoms with Crippen molar-refractivity contribution in [1.29, 1.82) is 0 Å². The Bertz CT molecular complexity index is 1890. The van der Waals surface area contributed by atoms with Gasteiger partial charge in [0.15, 0.2) is 11.5 Å². The van der Waals surface area contributed by atoms with Crippen molar-refractivity contribution < 1.29 is 17.6 Å². The first kappa shape index (κ1) is 26.5. The highest BCUT2D eigenvalue weighted by molar-refractivity contribution is 7.18. The second-order valence-corrected chi connectivity index (χ2v) is 12.9. The van der Waals surface area contributed by atoms with Crippen LogP contribution in [0.5, 0.6) is 0 Å². The number of oxazole rings is 1. The van der Waals surface area contributed by atoms with Gasteiger partial charge in [0.25, 0.3) is 0 Å². The van der Waals surface area contributed by atoms with E-state index in [9.17, 15) is 13.2 Å². The lowest BCUT2D eigenvalue weighted by Gasteiger charge is -2.25. The molecule has 0 aliphatic rings. The van der Waals surface area contributed by atoms with Crippen molar-refractivity contribution >= 4 is 43.3 Å². The molecule has 0 N–H and O–H groups in total. The number of thiophene rings is 1. The van der Waals surface area contributed by atoms with Crippen LogP contribution in [0.4, 0.5) is 13.2 Å². The number of hydrogen-bond acceptors (Lipinski definition) is 4. The van der Waals surface area contributed by atoms with Crippen molar-refractivity contribution in [3.8, 4) is 22.4 Å². The summed E-state index contributed by atoms with van der Waals surface area (Å²) in [6.45, 7) is 9.01. The number of aromatic nitrogens is 2. The molecule has 7 heteroatoms. The Hall–Kier alpha value is -3.71. The van der Waals surface area contributed by atoms with Gasteiger partial charge in [-0.15, -0.1) is 11.3 Å². The molecular formula is C33H29F3N2OS. The zero-order chi connectivity index (χ0) is 28.4. The highest BCUT2D eigenvalue weighted by atomic mass is 32.1. The van der Waals surface area contributed by atoms with E-state index in [1.807, 2.05) is 30.5 Å². The molecule has 0 amide bonds. The topological polar surface area (TPSA) is 38.9 Å². The first-order valence-corrected chi connectivity index (χ1v) is 14.1. The van der Waals surface area contributed by atoms with Crippen molar-refractivity contribution in [3.05, 3.63) is 83.7 Å². The van der Waals surface area contributed by atoms with Gasteiger partial charge in [-0.25, -0.2) is 4.98 Å². The maximum absolute atomic E-state index is 13.4. The van der Waals surface area contributed by atoms with Gasteiger partial charge >= 0.3 is 6.18 Å². The lowest BCUT2D eigenvalue weighted by atomic mass is 9.82. The molecule has 0 saturated carbocycles. The molecule has 3 aromatic heterocycles. The monoisotopic (exact) mass is 558 g/mol. The van der Waals surface area contributed by atoms with E-state index in [1.54, 1.807) is 11.3 Å². The summed E-state index contributed by atoms with van der Waals surface area (Å²) >= 11 is 1.64. The maximum atomic E-state index is 13.4. The van der Waals surface area contributed by atoms with E-state index in [1.165, 1.54) is 16.3 Å². The molecule has 0 fully saturated rings. The van der Waals surface area contributed by atoms with Gasteiger partial charge in [0.05, 0.1) is 15.8 Å². The standard InChI is InChI=1S/C33H29F3N2OS/c1-31(2,3)25-15-21(14-19-8-6-7-9-22(19)25)29-30-23(12-13-37-29)24(18-40-30)20-10-11-26-27(16-20)39-28(38-26)17-32(4,5)33(34,35)36/h6-16,18H,17H2,1-5H3. The predicted molar refractivity (Wildman–Crippen MR) is 158 cm³/mol. The largest absolute Gasteiger partial charge is 0.441 e. The fraction of sp³-hybridized carbons (Fsp3) is 0.273. The smallest absolute Gasteiger partial charge is 0.394 e. The minimum Gasteiger partial charge on any atom is -0.441 e. The molecule has 0 spiro atoms. The fourth-order valence-corrected chi connectivity index (χ4v) is 6.24. The van der Waals surface area contributed by atoms with E-state index in [4.69, 9.17) is 9.40 Å². The van der Waals surface area contributed by atoms with Crippen molar-refractivity contribution in [3.63, 3.8) is 0 Å². The Balaban J connectivity index is 1.43. The van der Waals surface area contributed by atoms with Gasteiger partial charge in [0.2, 0.25) is 0 Å². The molecule has 0 aliphatic heterocycles. The quantitative estimate of drug-likeness (QED) is 0.216. The number of benzene rings is 3. The molecule has 0 bridgehead atoms. The van der Waals surface area contributed by atoms with Crippen LogP contribution in [0.3, 0.4) is 0 Å². The summed E-state index contributed by atoms with van der Waals surface area (Å²) in [6.07, 6.45) is -2.83. The van der Waals surface area contributed by atoms with E-state index >= 15 is 0 Å². The Morgan fingerprint density at radius 2 is 1.62 bits per heavy atom. The van der Waals surface area contributed by atoms with E-state index in [0.717, 1.165) is 46.3 Å². The molecule has 3 nitrogen and oxygen atoms in total. The van der Waals surface area contributed by atoms with Crippen LogP contribution in [0.1, 0.15) is 46.1 Å². The van der Waals surface area contributed by atoms with Crippen LogP contribution in [-0.2, 0) is 11.8 Å². The lowest BCUT2D eigenvalue weighted by molar-refractivity contribution is -0.212. The molecule has 0 unspecified atom stereocenters. The van der Waals surface area contributed by atoms with E-state index in [-0.39, 0.29) is 17.7 Å². The first-order valence-electron chi connectivity index (χ1n) is 13.2. The van der Waals surface area contributed by atoms with E-state index in [0.29, 0.717) is 11.1 Å². The molecule has 6 rings (SSSR count). The molecule has 3 aromatic carbocycles. The van der Waals surface area contributed by atoms with Gasteiger partial charge in [-0.3, -0.25) is 4.98 Å². The number of hydrogen-bond donors (Lipinski definition) is 0. The van der Waals surface area contributed by atoms with Crippen LogP contribution >= 0.6 is 11.3 Å². The van der Waals surface area contributed by atoms with Gasteiger partial charge in [-0.05, 0) is 63.0 Å². The SMILES string of the molecule is CC(C)(C)c1cc(-c2nccc3c(-c4ccc5nc(CC(C)(C)C(F)(F)F)oc5c4)csc23)cc2ccccc12. The Labute approximate surface area is 234 Å². The molecule has 0 radical (unpaired) electrons. The predicted octanol–water partition coefficient (Wildman–Crippen LogP) is 10.4. The summed E-state index contributed by atoms with van der Waals surface area (Å²) < 4.78 is 47.1. The Morgan fingerprint density at radius 1 is 0.850 bits per heavy atom. The van der Waals surface area contributed by atoms with Crippen LogP contribution in [0, 0.1) is 5.41 Å². The number of alkyl halides is 3. The first-order chi connectivity index (χ1) is 18.8. The number of fused-ring (bicyclic) bond motifs is 3. The van der Waals surface area contributed by atoms with Crippen LogP contribution in [0.2, 0.25) is 0 Å². The maximum Gasteiger partial charge on any atom is 0.394 e. The molecule has 0 aliphatic carbocycles. The summed E-state index contributed by atoms with van der Waals surface area (Å²) in [5.41, 5.74) is 4.28. The third-order valence-corrected chi connectivity index (χ3v) is 8.54. The van der Waals surface area contributed by atoms with E-state index in [2.05, 4.69) is 67.5 Å². The second-order valence-electron chi connectivity index (χ2n) is 12.0. The van der Waals surface area contributed by atoms with Crippen LogP contribution in [-0.4, -0.2) is 16.1 Å². The minimum absolute atomic E-state index is 0.0369. The molecule has 204 valence electrons. The van der Waals surface area contributed by atoms with Crippen LogP contribution in [0.15, 0.2) is 76.7 Å². The number of halogens is 3. The number of pyridine rings is 1. The summed E-state index contributed by atoms with van der Waals surface area (Å²) in [6, 6.07) is 20.5. The zero-order valence-corrected chi connectivity index (χ0v) is 23.8. The van der Waals surface area contributed by atoms with Gasteiger partial charge in [-0.1, -0.05) is 65.0 Å². The molecule has 40 heavy (non-hydrogen) atoms.